The molecule has 0 spiro atoms. The Kier molecular flexibility index (Phi) is 3.81. The van der Waals surface area contributed by atoms with Gasteiger partial charge in [-0.15, -0.1) is 0 Å². The highest BCUT2D eigenvalue weighted by Crippen LogP contribution is 2.32. The minimum atomic E-state index is -0.231. The lowest BCUT2D eigenvalue weighted by Gasteiger charge is -2.15. The van der Waals surface area contributed by atoms with E-state index < -0.39 is 0 Å². The van der Waals surface area contributed by atoms with Crippen molar-refractivity contribution in [1.29, 1.82) is 0 Å². The molecule has 2 aromatic heterocycles. The molecule has 1 aliphatic carbocycles. The van der Waals surface area contributed by atoms with Crippen molar-refractivity contribution in [1.82, 2.24) is 9.38 Å². The molecular formula is C18H17BrFN3. The third-order valence-corrected chi connectivity index (χ3v) is 4.87. The Morgan fingerprint density at radius 3 is 2.57 bits per heavy atom. The number of halogens is 2. The fourth-order valence-corrected chi connectivity index (χ4v) is 3.57. The minimum absolute atomic E-state index is 0.231. The Balaban J connectivity index is 1.85. The van der Waals surface area contributed by atoms with E-state index in [-0.39, 0.29) is 5.82 Å². The van der Waals surface area contributed by atoms with Crippen LogP contribution in [0.25, 0.3) is 16.9 Å². The van der Waals surface area contributed by atoms with Crippen LogP contribution in [0.5, 0.6) is 0 Å². The second-order valence-electron chi connectivity index (χ2n) is 6.02. The standard InChI is InChI=1S/C18H17BrFN3/c19-13-7-10-16-22-17(12-5-8-14(20)9-6-12)18(23(16)11-13)21-15-3-1-2-4-15/h5-11,15,21H,1-4H2. The summed E-state index contributed by atoms with van der Waals surface area (Å²) in [6.45, 7) is 0. The fraction of sp³-hybridized carbons (Fsp3) is 0.278. The first-order chi connectivity index (χ1) is 11.2. The molecule has 2 heterocycles. The number of hydrogen-bond acceptors (Lipinski definition) is 2. The number of benzene rings is 1. The number of anilines is 1. The average Bonchev–Trinajstić information content (AvgIpc) is 3.17. The molecule has 0 bridgehead atoms. The maximum atomic E-state index is 13.2. The highest BCUT2D eigenvalue weighted by molar-refractivity contribution is 9.10. The van der Waals surface area contributed by atoms with E-state index in [9.17, 15) is 4.39 Å². The highest BCUT2D eigenvalue weighted by atomic mass is 79.9. The molecule has 0 amide bonds. The Hall–Kier alpha value is -1.88. The van der Waals surface area contributed by atoms with Crippen LogP contribution in [0.15, 0.2) is 47.1 Å². The summed E-state index contributed by atoms with van der Waals surface area (Å²) >= 11 is 3.53. The van der Waals surface area contributed by atoms with Gasteiger partial charge in [-0.05, 0) is 65.2 Å². The van der Waals surface area contributed by atoms with Gasteiger partial charge in [0.1, 0.15) is 23.0 Å². The fourth-order valence-electron chi connectivity index (χ4n) is 3.23. The Morgan fingerprint density at radius 2 is 1.83 bits per heavy atom. The molecule has 0 unspecified atom stereocenters. The first-order valence-corrected chi connectivity index (χ1v) is 8.70. The normalized spacial score (nSPS) is 15.4. The number of rotatable bonds is 3. The van der Waals surface area contributed by atoms with Crippen molar-refractivity contribution in [3.63, 3.8) is 0 Å². The number of aromatic nitrogens is 2. The molecule has 1 aliphatic rings. The number of nitrogens with zero attached hydrogens (tertiary/aromatic N) is 2. The summed E-state index contributed by atoms with van der Waals surface area (Å²) in [6.07, 6.45) is 6.93. The van der Waals surface area contributed by atoms with Gasteiger partial charge in [-0.25, -0.2) is 9.37 Å². The Morgan fingerprint density at radius 1 is 1.09 bits per heavy atom. The Bertz CT molecular complexity index is 835. The topological polar surface area (TPSA) is 29.3 Å². The van der Waals surface area contributed by atoms with E-state index in [0.29, 0.717) is 6.04 Å². The third kappa shape index (κ3) is 2.85. The maximum absolute atomic E-state index is 13.2. The van der Waals surface area contributed by atoms with Gasteiger partial charge in [0.25, 0.3) is 0 Å². The molecule has 1 N–H and O–H groups in total. The van der Waals surface area contributed by atoms with Crippen molar-refractivity contribution in [3.05, 3.63) is 52.9 Å². The highest BCUT2D eigenvalue weighted by Gasteiger charge is 2.20. The van der Waals surface area contributed by atoms with Crippen LogP contribution in [0.2, 0.25) is 0 Å². The van der Waals surface area contributed by atoms with E-state index in [4.69, 9.17) is 4.98 Å². The maximum Gasteiger partial charge on any atom is 0.139 e. The van der Waals surface area contributed by atoms with Crippen LogP contribution in [0.1, 0.15) is 25.7 Å². The molecule has 23 heavy (non-hydrogen) atoms. The van der Waals surface area contributed by atoms with E-state index in [1.165, 1.54) is 37.8 Å². The van der Waals surface area contributed by atoms with Crippen LogP contribution in [0, 0.1) is 5.82 Å². The lowest BCUT2D eigenvalue weighted by molar-refractivity contribution is 0.628. The van der Waals surface area contributed by atoms with Gasteiger partial charge < -0.3 is 5.32 Å². The third-order valence-electron chi connectivity index (χ3n) is 4.40. The molecule has 0 atom stereocenters. The van der Waals surface area contributed by atoms with Crippen molar-refractivity contribution >= 4 is 27.4 Å². The molecule has 3 nitrogen and oxygen atoms in total. The minimum Gasteiger partial charge on any atom is -0.367 e. The summed E-state index contributed by atoms with van der Waals surface area (Å²) in [5.74, 6) is 0.755. The second kappa shape index (κ2) is 5.96. The van der Waals surface area contributed by atoms with Gasteiger partial charge in [0.2, 0.25) is 0 Å². The van der Waals surface area contributed by atoms with Crippen molar-refractivity contribution in [2.45, 2.75) is 31.7 Å². The molecule has 1 saturated carbocycles. The summed E-state index contributed by atoms with van der Waals surface area (Å²) in [5, 5.41) is 3.66. The zero-order chi connectivity index (χ0) is 15.8. The predicted molar refractivity (Wildman–Crippen MR) is 94.2 cm³/mol. The molecular weight excluding hydrogens is 357 g/mol. The van der Waals surface area contributed by atoms with E-state index >= 15 is 0 Å². The number of pyridine rings is 1. The number of nitrogens with one attached hydrogen (secondary N) is 1. The molecule has 5 heteroatoms. The molecule has 4 rings (SSSR count). The first-order valence-electron chi connectivity index (χ1n) is 7.91. The number of fused-ring (bicyclic) bond motifs is 1. The number of hydrogen-bond donors (Lipinski definition) is 1. The van der Waals surface area contributed by atoms with Gasteiger partial charge in [0.05, 0.1) is 0 Å². The van der Waals surface area contributed by atoms with Gasteiger partial charge >= 0.3 is 0 Å². The van der Waals surface area contributed by atoms with Gasteiger partial charge in [0, 0.05) is 22.3 Å². The lowest BCUT2D eigenvalue weighted by Crippen LogP contribution is -2.16. The average molecular weight is 374 g/mol. The van der Waals surface area contributed by atoms with Crippen LogP contribution in [0.4, 0.5) is 10.2 Å². The van der Waals surface area contributed by atoms with E-state index in [1.54, 1.807) is 12.1 Å². The van der Waals surface area contributed by atoms with Crippen molar-refractivity contribution in [2.24, 2.45) is 0 Å². The van der Waals surface area contributed by atoms with Crippen LogP contribution < -0.4 is 5.32 Å². The molecule has 3 aromatic rings. The molecule has 1 fully saturated rings. The first kappa shape index (κ1) is 14.7. The summed E-state index contributed by atoms with van der Waals surface area (Å²) in [7, 11) is 0. The molecule has 0 radical (unpaired) electrons. The van der Waals surface area contributed by atoms with Crippen LogP contribution in [0.3, 0.4) is 0 Å². The Labute approximate surface area is 142 Å². The molecule has 118 valence electrons. The van der Waals surface area contributed by atoms with Gasteiger partial charge in [-0.2, -0.15) is 0 Å². The monoisotopic (exact) mass is 373 g/mol. The molecule has 0 saturated heterocycles. The quantitative estimate of drug-likeness (QED) is 0.678. The van der Waals surface area contributed by atoms with Gasteiger partial charge in [-0.1, -0.05) is 12.8 Å². The number of imidazole rings is 1. The largest absolute Gasteiger partial charge is 0.367 e. The summed E-state index contributed by atoms with van der Waals surface area (Å²) in [6, 6.07) is 11.0. The van der Waals surface area contributed by atoms with Crippen LogP contribution >= 0.6 is 15.9 Å². The van der Waals surface area contributed by atoms with Crippen molar-refractivity contribution in [2.75, 3.05) is 5.32 Å². The smallest absolute Gasteiger partial charge is 0.139 e. The van der Waals surface area contributed by atoms with Gasteiger partial charge in [-0.3, -0.25) is 4.40 Å². The summed E-state index contributed by atoms with van der Waals surface area (Å²) in [4.78, 5) is 4.75. The second-order valence-corrected chi connectivity index (χ2v) is 6.93. The van der Waals surface area contributed by atoms with Gasteiger partial charge in [0.15, 0.2) is 0 Å². The SMILES string of the molecule is Fc1ccc(-c2nc3ccc(Br)cn3c2NC2CCCC2)cc1. The van der Waals surface area contributed by atoms with Crippen LogP contribution in [-0.4, -0.2) is 15.4 Å². The lowest BCUT2D eigenvalue weighted by atomic mass is 10.1. The zero-order valence-corrected chi connectivity index (χ0v) is 14.2. The van der Waals surface area contributed by atoms with Crippen LogP contribution in [-0.2, 0) is 0 Å². The predicted octanol–water partition coefficient (Wildman–Crippen LogP) is 5.26. The van der Waals surface area contributed by atoms with Crippen molar-refractivity contribution < 1.29 is 4.39 Å². The van der Waals surface area contributed by atoms with E-state index in [2.05, 4.69) is 25.6 Å². The zero-order valence-electron chi connectivity index (χ0n) is 12.6. The van der Waals surface area contributed by atoms with E-state index in [1.807, 2.05) is 18.3 Å². The molecule has 0 aliphatic heterocycles. The summed E-state index contributed by atoms with van der Waals surface area (Å²) in [5.41, 5.74) is 2.68. The van der Waals surface area contributed by atoms with E-state index in [0.717, 1.165) is 27.2 Å². The van der Waals surface area contributed by atoms with Crippen molar-refractivity contribution in [3.8, 4) is 11.3 Å². The molecule has 1 aromatic carbocycles. The summed E-state index contributed by atoms with van der Waals surface area (Å²) < 4.78 is 16.3.